The van der Waals surface area contributed by atoms with Crippen LogP contribution in [0.2, 0.25) is 0 Å². The van der Waals surface area contributed by atoms with E-state index < -0.39 is 0 Å². The lowest BCUT2D eigenvalue weighted by Crippen LogP contribution is -2.29. The Balaban J connectivity index is 1.28. The molecule has 3 heterocycles. The van der Waals surface area contributed by atoms with E-state index in [1.165, 1.54) is 16.1 Å². The Hall–Kier alpha value is -3.38. The minimum absolute atomic E-state index is 0.207. The standard InChI is InChI=1S/C24H22N4OS/c1-17-15-22(26-28(17)21-5-3-2-4-6-21)24(29)25-19-7-9-20(10-8-19)27-13-11-23-18(16-27)12-14-30-23/h2-10,12,14-15H,11,13,16H2,1H3,(H,25,29). The van der Waals surface area contributed by atoms with Crippen molar-refractivity contribution < 1.29 is 4.79 Å². The van der Waals surface area contributed by atoms with Crippen LogP contribution < -0.4 is 10.2 Å². The van der Waals surface area contributed by atoms with Crippen LogP contribution in [0.3, 0.4) is 0 Å². The molecule has 0 fully saturated rings. The van der Waals surface area contributed by atoms with Crippen molar-refractivity contribution in [1.29, 1.82) is 0 Å². The number of carbonyl (C=O) groups excluding carboxylic acids is 1. The molecule has 0 saturated heterocycles. The predicted molar refractivity (Wildman–Crippen MR) is 122 cm³/mol. The number of carbonyl (C=O) groups is 1. The van der Waals surface area contributed by atoms with Crippen LogP contribution in [0.5, 0.6) is 0 Å². The Morgan fingerprint density at radius 2 is 1.83 bits per heavy atom. The summed E-state index contributed by atoms with van der Waals surface area (Å²) in [6.07, 6.45) is 1.09. The molecule has 1 aliphatic heterocycles. The highest BCUT2D eigenvalue weighted by Gasteiger charge is 2.18. The largest absolute Gasteiger partial charge is 0.367 e. The molecule has 2 aromatic carbocycles. The first kappa shape index (κ1) is 18.6. The van der Waals surface area contributed by atoms with E-state index in [0.717, 1.165) is 36.6 Å². The van der Waals surface area contributed by atoms with Crippen molar-refractivity contribution in [2.45, 2.75) is 19.9 Å². The number of anilines is 2. The molecule has 5 rings (SSSR count). The number of benzene rings is 2. The number of aromatic nitrogens is 2. The second kappa shape index (κ2) is 7.80. The molecule has 1 aliphatic rings. The topological polar surface area (TPSA) is 50.2 Å². The van der Waals surface area contributed by atoms with E-state index in [4.69, 9.17) is 0 Å². The minimum atomic E-state index is -0.207. The molecule has 0 spiro atoms. The summed E-state index contributed by atoms with van der Waals surface area (Å²) in [7, 11) is 0. The molecule has 6 heteroatoms. The fraction of sp³-hybridized carbons (Fsp3) is 0.167. The molecular formula is C24H22N4OS. The number of fused-ring (bicyclic) bond motifs is 1. The molecule has 0 aliphatic carbocycles. The predicted octanol–water partition coefficient (Wildman–Crippen LogP) is 5.06. The third-order valence-electron chi connectivity index (χ3n) is 5.42. The van der Waals surface area contributed by atoms with Gasteiger partial charge in [0.2, 0.25) is 0 Å². The van der Waals surface area contributed by atoms with Crippen LogP contribution in [-0.2, 0) is 13.0 Å². The van der Waals surface area contributed by atoms with Crippen molar-refractivity contribution in [2.24, 2.45) is 0 Å². The number of aryl methyl sites for hydroxylation is 1. The van der Waals surface area contributed by atoms with Gasteiger partial charge >= 0.3 is 0 Å². The smallest absolute Gasteiger partial charge is 0.276 e. The quantitative estimate of drug-likeness (QED) is 0.508. The van der Waals surface area contributed by atoms with Crippen molar-refractivity contribution in [3.8, 4) is 5.69 Å². The molecule has 0 saturated carbocycles. The summed E-state index contributed by atoms with van der Waals surface area (Å²) in [6.45, 7) is 3.92. The Bertz CT molecular complexity index is 1180. The zero-order valence-electron chi connectivity index (χ0n) is 16.7. The lowest BCUT2D eigenvalue weighted by atomic mass is 10.1. The Morgan fingerprint density at radius 1 is 1.03 bits per heavy atom. The molecule has 150 valence electrons. The fourth-order valence-corrected chi connectivity index (χ4v) is 4.73. The van der Waals surface area contributed by atoms with Gasteiger partial charge < -0.3 is 10.2 Å². The lowest BCUT2D eigenvalue weighted by Gasteiger charge is -2.29. The van der Waals surface area contributed by atoms with Gasteiger partial charge in [0, 0.05) is 35.0 Å². The summed E-state index contributed by atoms with van der Waals surface area (Å²) in [5.74, 6) is -0.207. The van der Waals surface area contributed by atoms with Gasteiger partial charge in [-0.1, -0.05) is 18.2 Å². The first-order valence-corrected chi connectivity index (χ1v) is 10.9. The second-order valence-corrected chi connectivity index (χ2v) is 8.46. The summed E-state index contributed by atoms with van der Waals surface area (Å²) >= 11 is 1.85. The van der Waals surface area contributed by atoms with Gasteiger partial charge in [-0.2, -0.15) is 5.10 Å². The van der Waals surface area contributed by atoms with E-state index in [-0.39, 0.29) is 5.91 Å². The second-order valence-electron chi connectivity index (χ2n) is 7.46. The SMILES string of the molecule is Cc1cc(C(=O)Nc2ccc(N3CCc4sccc4C3)cc2)nn1-c1ccccc1. The molecular weight excluding hydrogens is 392 g/mol. The van der Waals surface area contributed by atoms with Gasteiger partial charge in [0.05, 0.1) is 5.69 Å². The van der Waals surface area contributed by atoms with E-state index >= 15 is 0 Å². The van der Waals surface area contributed by atoms with Gasteiger partial charge in [0.15, 0.2) is 5.69 Å². The zero-order chi connectivity index (χ0) is 20.5. The summed E-state index contributed by atoms with van der Waals surface area (Å²) in [6, 6.07) is 21.9. The molecule has 0 unspecified atom stereocenters. The number of hydrogen-bond acceptors (Lipinski definition) is 4. The highest BCUT2D eigenvalue weighted by atomic mass is 32.1. The summed E-state index contributed by atoms with van der Waals surface area (Å²) in [4.78, 5) is 16.6. The van der Waals surface area contributed by atoms with Gasteiger partial charge in [-0.05, 0) is 72.8 Å². The van der Waals surface area contributed by atoms with Gasteiger partial charge in [-0.15, -0.1) is 11.3 Å². The summed E-state index contributed by atoms with van der Waals surface area (Å²) in [5.41, 5.74) is 5.63. The first-order valence-electron chi connectivity index (χ1n) is 10.0. The monoisotopic (exact) mass is 414 g/mol. The zero-order valence-corrected chi connectivity index (χ0v) is 17.5. The van der Waals surface area contributed by atoms with Crippen LogP contribution in [0, 0.1) is 6.92 Å². The van der Waals surface area contributed by atoms with E-state index in [2.05, 4.69) is 38.9 Å². The van der Waals surface area contributed by atoms with Gasteiger partial charge in [0.1, 0.15) is 0 Å². The van der Waals surface area contributed by atoms with Crippen molar-refractivity contribution in [2.75, 3.05) is 16.8 Å². The molecule has 1 N–H and O–H groups in total. The average molecular weight is 415 g/mol. The maximum atomic E-state index is 12.7. The summed E-state index contributed by atoms with van der Waals surface area (Å²) in [5, 5.41) is 9.62. The number of nitrogens with zero attached hydrogens (tertiary/aromatic N) is 3. The average Bonchev–Trinajstić information content (AvgIpc) is 3.41. The minimum Gasteiger partial charge on any atom is -0.367 e. The fourth-order valence-electron chi connectivity index (χ4n) is 3.84. The van der Waals surface area contributed by atoms with E-state index in [0.29, 0.717) is 5.69 Å². The van der Waals surface area contributed by atoms with Gasteiger partial charge in [0.25, 0.3) is 5.91 Å². The highest BCUT2D eigenvalue weighted by molar-refractivity contribution is 7.10. The maximum absolute atomic E-state index is 12.7. The molecule has 4 aromatic rings. The third kappa shape index (κ3) is 3.62. The molecule has 30 heavy (non-hydrogen) atoms. The van der Waals surface area contributed by atoms with Crippen LogP contribution in [0.25, 0.3) is 5.69 Å². The molecule has 5 nitrogen and oxygen atoms in total. The van der Waals surface area contributed by atoms with Crippen LogP contribution in [0.1, 0.15) is 26.6 Å². The number of amides is 1. The van der Waals surface area contributed by atoms with E-state index in [1.54, 1.807) is 4.68 Å². The Labute approximate surface area is 179 Å². The highest BCUT2D eigenvalue weighted by Crippen LogP contribution is 2.28. The van der Waals surface area contributed by atoms with Crippen LogP contribution in [0.15, 0.2) is 72.1 Å². The van der Waals surface area contributed by atoms with Crippen molar-refractivity contribution in [3.63, 3.8) is 0 Å². The van der Waals surface area contributed by atoms with Crippen LogP contribution in [0.4, 0.5) is 11.4 Å². The van der Waals surface area contributed by atoms with Gasteiger partial charge in [-0.25, -0.2) is 4.68 Å². The van der Waals surface area contributed by atoms with E-state index in [1.807, 2.05) is 66.8 Å². The maximum Gasteiger partial charge on any atom is 0.276 e. The van der Waals surface area contributed by atoms with Crippen LogP contribution in [-0.4, -0.2) is 22.2 Å². The number of rotatable bonds is 4. The normalized spacial score (nSPS) is 13.2. The molecule has 0 radical (unpaired) electrons. The van der Waals surface area contributed by atoms with Gasteiger partial charge in [-0.3, -0.25) is 4.79 Å². The van der Waals surface area contributed by atoms with E-state index in [9.17, 15) is 4.79 Å². The first-order chi connectivity index (χ1) is 14.7. The van der Waals surface area contributed by atoms with Crippen molar-refractivity contribution in [3.05, 3.63) is 93.9 Å². The Morgan fingerprint density at radius 3 is 2.63 bits per heavy atom. The van der Waals surface area contributed by atoms with Crippen LogP contribution >= 0.6 is 11.3 Å². The molecule has 0 atom stereocenters. The third-order valence-corrected chi connectivity index (χ3v) is 6.44. The molecule has 1 amide bonds. The Kier molecular flexibility index (Phi) is 4.85. The number of hydrogen-bond donors (Lipinski definition) is 1. The van der Waals surface area contributed by atoms with Crippen molar-refractivity contribution in [1.82, 2.24) is 9.78 Å². The number of nitrogens with one attached hydrogen (secondary N) is 1. The van der Waals surface area contributed by atoms with Crippen molar-refractivity contribution >= 4 is 28.6 Å². The number of thiophene rings is 1. The molecule has 0 bridgehead atoms. The lowest BCUT2D eigenvalue weighted by molar-refractivity contribution is 0.102. The molecule has 2 aromatic heterocycles. The number of para-hydroxylation sites is 1. The summed E-state index contributed by atoms with van der Waals surface area (Å²) < 4.78 is 1.78.